The van der Waals surface area contributed by atoms with Crippen LogP contribution in [0.3, 0.4) is 0 Å². The first-order chi connectivity index (χ1) is 9.29. The number of fused-ring (bicyclic) bond motifs is 1. The van der Waals surface area contributed by atoms with Crippen LogP contribution >= 0.6 is 0 Å². The Hall–Kier alpha value is -2.21. The zero-order valence-electron chi connectivity index (χ0n) is 11.0. The lowest BCUT2D eigenvalue weighted by Gasteiger charge is -2.14. The Bertz CT molecular complexity index is 683. The molecule has 3 aromatic rings. The van der Waals surface area contributed by atoms with Gasteiger partial charge < -0.3 is 5.32 Å². The normalized spacial score (nSPS) is 12.9. The lowest BCUT2D eigenvalue weighted by Crippen LogP contribution is -2.20. The predicted octanol–water partition coefficient (Wildman–Crippen LogP) is 0.966. The van der Waals surface area contributed by atoms with Crippen molar-refractivity contribution in [1.29, 1.82) is 0 Å². The minimum absolute atomic E-state index is 0.169. The Morgan fingerprint density at radius 3 is 2.95 bits per heavy atom. The van der Waals surface area contributed by atoms with Crippen molar-refractivity contribution in [2.24, 2.45) is 7.05 Å². The van der Waals surface area contributed by atoms with Crippen LogP contribution in [-0.2, 0) is 13.5 Å². The van der Waals surface area contributed by atoms with Gasteiger partial charge in [0.2, 0.25) is 0 Å². The molecule has 3 rings (SSSR count). The summed E-state index contributed by atoms with van der Waals surface area (Å²) in [7, 11) is 3.86. The molecule has 0 aromatic carbocycles. The standard InChI is InChI=1S/C13H16N6/c1-14-11(7-13-15-9-17-18(13)2)10-8-16-19-6-4-3-5-12(10)19/h3-6,8-9,11,14H,7H2,1-2H3. The molecule has 0 fully saturated rings. The topological polar surface area (TPSA) is 60.0 Å². The van der Waals surface area contributed by atoms with Gasteiger partial charge in [-0.3, -0.25) is 4.68 Å². The van der Waals surface area contributed by atoms with Gasteiger partial charge in [0.15, 0.2) is 0 Å². The molecular formula is C13H16N6. The zero-order chi connectivity index (χ0) is 13.2. The smallest absolute Gasteiger partial charge is 0.138 e. The lowest BCUT2D eigenvalue weighted by molar-refractivity contribution is 0.556. The Labute approximate surface area is 111 Å². The molecule has 0 radical (unpaired) electrons. The van der Waals surface area contributed by atoms with Crippen molar-refractivity contribution in [2.45, 2.75) is 12.5 Å². The van der Waals surface area contributed by atoms with Gasteiger partial charge in [-0.1, -0.05) is 6.07 Å². The van der Waals surface area contributed by atoms with Crippen LogP contribution in [-0.4, -0.2) is 31.4 Å². The average molecular weight is 256 g/mol. The van der Waals surface area contributed by atoms with Crippen molar-refractivity contribution in [3.05, 3.63) is 48.3 Å². The highest BCUT2D eigenvalue weighted by atomic mass is 15.3. The van der Waals surface area contributed by atoms with Gasteiger partial charge in [-0.25, -0.2) is 9.50 Å². The Kier molecular flexibility index (Phi) is 3.00. The number of nitrogens with one attached hydrogen (secondary N) is 1. The largest absolute Gasteiger partial charge is 0.313 e. The molecule has 1 unspecified atom stereocenters. The zero-order valence-corrected chi connectivity index (χ0v) is 11.0. The molecule has 0 spiro atoms. The van der Waals surface area contributed by atoms with Crippen molar-refractivity contribution in [1.82, 2.24) is 29.7 Å². The van der Waals surface area contributed by atoms with E-state index in [0.717, 1.165) is 17.8 Å². The van der Waals surface area contributed by atoms with Crippen molar-refractivity contribution in [3.63, 3.8) is 0 Å². The predicted molar refractivity (Wildman–Crippen MR) is 71.7 cm³/mol. The maximum Gasteiger partial charge on any atom is 0.138 e. The number of likely N-dealkylation sites (N-methyl/N-ethyl adjacent to an activating group) is 1. The highest BCUT2D eigenvalue weighted by Gasteiger charge is 2.17. The van der Waals surface area contributed by atoms with Crippen LogP contribution in [0.1, 0.15) is 17.4 Å². The van der Waals surface area contributed by atoms with Gasteiger partial charge in [0, 0.05) is 31.3 Å². The highest BCUT2D eigenvalue weighted by Crippen LogP contribution is 2.21. The van der Waals surface area contributed by atoms with E-state index in [1.54, 1.807) is 11.0 Å². The summed E-state index contributed by atoms with van der Waals surface area (Å²) in [6.07, 6.45) is 6.22. The summed E-state index contributed by atoms with van der Waals surface area (Å²) in [4.78, 5) is 4.28. The molecule has 19 heavy (non-hydrogen) atoms. The van der Waals surface area contributed by atoms with Gasteiger partial charge in [0.1, 0.15) is 12.2 Å². The van der Waals surface area contributed by atoms with E-state index in [4.69, 9.17) is 0 Å². The van der Waals surface area contributed by atoms with E-state index in [9.17, 15) is 0 Å². The maximum absolute atomic E-state index is 4.37. The second-order valence-corrected chi connectivity index (χ2v) is 4.48. The number of nitrogens with zero attached hydrogens (tertiary/aromatic N) is 5. The Morgan fingerprint density at radius 2 is 2.21 bits per heavy atom. The second kappa shape index (κ2) is 4.81. The summed E-state index contributed by atoms with van der Waals surface area (Å²) in [6, 6.07) is 6.24. The minimum atomic E-state index is 0.169. The molecule has 0 saturated carbocycles. The van der Waals surface area contributed by atoms with E-state index < -0.39 is 0 Å². The SMILES string of the molecule is CNC(Cc1ncnn1C)c1cnn2ccccc12. The monoisotopic (exact) mass is 256 g/mol. The maximum atomic E-state index is 4.37. The van der Waals surface area contributed by atoms with Gasteiger partial charge in [0.05, 0.1) is 11.7 Å². The van der Waals surface area contributed by atoms with E-state index in [1.165, 1.54) is 5.56 Å². The second-order valence-electron chi connectivity index (χ2n) is 4.48. The number of rotatable bonds is 4. The van der Waals surface area contributed by atoms with Crippen molar-refractivity contribution in [2.75, 3.05) is 7.05 Å². The van der Waals surface area contributed by atoms with Crippen LogP contribution in [0.2, 0.25) is 0 Å². The first kappa shape index (κ1) is 11.9. The third-order valence-corrected chi connectivity index (χ3v) is 3.37. The summed E-state index contributed by atoms with van der Waals surface area (Å²) >= 11 is 0. The number of hydrogen-bond acceptors (Lipinski definition) is 4. The fourth-order valence-corrected chi connectivity index (χ4v) is 2.28. The highest BCUT2D eigenvalue weighted by molar-refractivity contribution is 5.54. The van der Waals surface area contributed by atoms with Crippen molar-refractivity contribution in [3.8, 4) is 0 Å². The molecule has 6 nitrogen and oxygen atoms in total. The molecule has 0 aliphatic heterocycles. The molecule has 3 heterocycles. The molecule has 1 atom stereocenters. The van der Waals surface area contributed by atoms with Gasteiger partial charge >= 0.3 is 0 Å². The summed E-state index contributed by atoms with van der Waals surface area (Å²) in [5.41, 5.74) is 2.29. The van der Waals surface area contributed by atoms with Crippen LogP contribution in [0, 0.1) is 0 Å². The summed E-state index contributed by atoms with van der Waals surface area (Å²) in [5, 5.41) is 11.8. The lowest BCUT2D eigenvalue weighted by atomic mass is 10.1. The van der Waals surface area contributed by atoms with E-state index in [0.29, 0.717) is 0 Å². The summed E-state index contributed by atoms with van der Waals surface area (Å²) in [5.74, 6) is 0.953. The fraction of sp³-hybridized carbons (Fsp3) is 0.308. The van der Waals surface area contributed by atoms with Crippen LogP contribution in [0.15, 0.2) is 36.9 Å². The number of pyridine rings is 1. The van der Waals surface area contributed by atoms with Crippen LogP contribution < -0.4 is 5.32 Å². The third kappa shape index (κ3) is 2.10. The Balaban J connectivity index is 1.96. The van der Waals surface area contributed by atoms with E-state index in [1.807, 2.05) is 43.1 Å². The number of aryl methyl sites for hydroxylation is 1. The van der Waals surface area contributed by atoms with E-state index >= 15 is 0 Å². The van der Waals surface area contributed by atoms with Gasteiger partial charge in [-0.05, 0) is 19.2 Å². The minimum Gasteiger partial charge on any atom is -0.313 e. The molecule has 1 N–H and O–H groups in total. The average Bonchev–Trinajstić information content (AvgIpc) is 3.03. The van der Waals surface area contributed by atoms with Crippen molar-refractivity contribution < 1.29 is 0 Å². The third-order valence-electron chi connectivity index (χ3n) is 3.37. The molecule has 3 aromatic heterocycles. The van der Waals surface area contributed by atoms with Crippen LogP contribution in [0.4, 0.5) is 0 Å². The quantitative estimate of drug-likeness (QED) is 0.755. The molecule has 0 saturated heterocycles. The molecule has 98 valence electrons. The Morgan fingerprint density at radius 1 is 1.32 bits per heavy atom. The number of aromatic nitrogens is 5. The fourth-order valence-electron chi connectivity index (χ4n) is 2.28. The molecule has 0 aliphatic carbocycles. The summed E-state index contributed by atoms with van der Waals surface area (Å²) < 4.78 is 3.69. The summed E-state index contributed by atoms with van der Waals surface area (Å²) in [6.45, 7) is 0. The molecule has 6 heteroatoms. The van der Waals surface area contributed by atoms with Gasteiger partial charge in [0.25, 0.3) is 0 Å². The molecule has 0 bridgehead atoms. The van der Waals surface area contributed by atoms with Crippen molar-refractivity contribution >= 4 is 5.52 Å². The molecule has 0 aliphatic rings. The first-order valence-corrected chi connectivity index (χ1v) is 6.22. The van der Waals surface area contributed by atoms with E-state index in [-0.39, 0.29) is 6.04 Å². The van der Waals surface area contributed by atoms with E-state index in [2.05, 4.69) is 26.6 Å². The molecule has 0 amide bonds. The van der Waals surface area contributed by atoms with Crippen LogP contribution in [0.5, 0.6) is 0 Å². The number of hydrogen-bond donors (Lipinski definition) is 1. The first-order valence-electron chi connectivity index (χ1n) is 6.22. The molecular weight excluding hydrogens is 240 g/mol. The van der Waals surface area contributed by atoms with Gasteiger partial charge in [-0.15, -0.1) is 0 Å². The van der Waals surface area contributed by atoms with Gasteiger partial charge in [-0.2, -0.15) is 10.2 Å². The van der Waals surface area contributed by atoms with Crippen LogP contribution in [0.25, 0.3) is 5.52 Å².